The summed E-state index contributed by atoms with van der Waals surface area (Å²) in [5, 5.41) is 9.85. The first-order valence-electron chi connectivity index (χ1n) is 7.03. The number of imide groups is 1. The van der Waals surface area contributed by atoms with Crippen molar-refractivity contribution in [3.8, 4) is 5.75 Å². The van der Waals surface area contributed by atoms with Crippen LogP contribution < -0.4 is 0 Å². The second kappa shape index (κ2) is 7.81. The molecule has 0 spiro atoms. The summed E-state index contributed by atoms with van der Waals surface area (Å²) >= 11 is 9.68. The first-order valence-corrected chi connectivity index (χ1v) is 10.5. The number of rotatable bonds is 3. The first-order chi connectivity index (χ1) is 11.9. The minimum atomic E-state index is -0.361. The number of nitrogens with zero attached hydrogens (tertiary/aromatic N) is 1. The molecule has 25 heavy (non-hydrogen) atoms. The molecule has 0 atom stereocenters. The Kier molecular flexibility index (Phi) is 5.92. The summed E-state index contributed by atoms with van der Waals surface area (Å²) < 4.78 is 2.29. The molecule has 2 aromatic rings. The number of thioether (sulfide) groups is 1. The van der Waals surface area contributed by atoms with E-state index >= 15 is 0 Å². The summed E-state index contributed by atoms with van der Waals surface area (Å²) in [4.78, 5) is 26.4. The van der Waals surface area contributed by atoms with Gasteiger partial charge < -0.3 is 5.11 Å². The van der Waals surface area contributed by atoms with Gasteiger partial charge in [-0.15, -0.1) is 0 Å². The third kappa shape index (κ3) is 4.12. The lowest BCUT2D eigenvalue weighted by atomic mass is 10.2. The topological polar surface area (TPSA) is 57.6 Å². The molecule has 3 rings (SSSR count). The van der Waals surface area contributed by atoms with Crippen LogP contribution in [0.2, 0.25) is 0 Å². The summed E-state index contributed by atoms with van der Waals surface area (Å²) in [6, 6.07) is 10.9. The molecule has 0 aliphatic carbocycles. The van der Waals surface area contributed by atoms with E-state index in [0.717, 1.165) is 26.3 Å². The molecule has 2 aromatic carbocycles. The van der Waals surface area contributed by atoms with Crippen LogP contribution in [0.15, 0.2) is 50.2 Å². The van der Waals surface area contributed by atoms with Gasteiger partial charge in [0.15, 0.2) is 0 Å². The molecule has 0 bridgehead atoms. The molecule has 1 heterocycles. The Balaban J connectivity index is 1.90. The van der Waals surface area contributed by atoms with Gasteiger partial charge in [0.25, 0.3) is 11.1 Å². The van der Waals surface area contributed by atoms with Gasteiger partial charge in [0.1, 0.15) is 5.75 Å². The number of aromatic hydroxyl groups is 1. The molecule has 0 saturated carbocycles. The van der Waals surface area contributed by atoms with E-state index in [1.165, 1.54) is 4.90 Å². The summed E-state index contributed by atoms with van der Waals surface area (Å²) in [5.74, 6) is -0.276. The number of halogens is 3. The van der Waals surface area contributed by atoms with Crippen LogP contribution in [0.5, 0.6) is 5.75 Å². The number of carbonyl (C=O) groups excluding carboxylic acids is 2. The summed E-state index contributed by atoms with van der Waals surface area (Å²) in [5.41, 5.74) is 1.34. The molecule has 2 amide bonds. The predicted molar refractivity (Wildman–Crippen MR) is 114 cm³/mol. The molecule has 8 heteroatoms. The fourth-order valence-corrected chi connectivity index (χ4v) is 5.06. The number of hydrogen-bond donors (Lipinski definition) is 1. The number of benzene rings is 2. The van der Waals surface area contributed by atoms with Gasteiger partial charge in [-0.1, -0.05) is 50.1 Å². The summed E-state index contributed by atoms with van der Waals surface area (Å²) in [6.07, 6.45) is 1.55. The predicted octanol–water partition coefficient (Wildman–Crippen LogP) is 5.76. The van der Waals surface area contributed by atoms with Gasteiger partial charge in [-0.3, -0.25) is 14.5 Å². The number of carbonyl (C=O) groups is 2. The van der Waals surface area contributed by atoms with Crippen LogP contribution in [0.4, 0.5) is 4.79 Å². The smallest absolute Gasteiger partial charge is 0.293 e. The molecule has 1 aliphatic rings. The number of phenols is 1. The third-order valence-corrected chi connectivity index (χ3v) is 6.47. The van der Waals surface area contributed by atoms with Crippen LogP contribution in [-0.2, 0) is 11.3 Å². The molecule has 4 nitrogen and oxygen atoms in total. The molecule has 1 saturated heterocycles. The molecule has 0 aromatic heterocycles. The summed E-state index contributed by atoms with van der Waals surface area (Å²) in [6.45, 7) is 0.200. The molecule has 1 fully saturated rings. The van der Waals surface area contributed by atoms with E-state index in [1.54, 1.807) is 18.2 Å². The maximum absolute atomic E-state index is 12.6. The Morgan fingerprint density at radius 1 is 1.20 bits per heavy atom. The van der Waals surface area contributed by atoms with Crippen molar-refractivity contribution in [2.45, 2.75) is 6.54 Å². The molecule has 1 aliphatic heterocycles. The van der Waals surface area contributed by atoms with Gasteiger partial charge in [-0.05, 0) is 64.2 Å². The third-order valence-electron chi connectivity index (χ3n) is 3.50. The lowest BCUT2D eigenvalue weighted by Crippen LogP contribution is -2.27. The van der Waals surface area contributed by atoms with Crippen molar-refractivity contribution in [3.05, 3.63) is 64.9 Å². The van der Waals surface area contributed by atoms with Gasteiger partial charge in [0.2, 0.25) is 0 Å². The van der Waals surface area contributed by atoms with Crippen LogP contribution >= 0.6 is 66.2 Å². The maximum Gasteiger partial charge on any atom is 0.293 e. The fraction of sp³-hybridized carbons (Fsp3) is 0.0588. The largest absolute Gasteiger partial charge is 0.506 e. The van der Waals surface area contributed by atoms with Gasteiger partial charge >= 0.3 is 0 Å². The standard InChI is InChI=1S/C17H10Br2INO3S/c18-11-5-10(15(22)13(20)7-11)6-14-16(23)21(17(24)25-14)8-9-3-1-2-4-12(9)19/h1-7,22H,8H2/b14-6-. The van der Waals surface area contributed by atoms with E-state index in [-0.39, 0.29) is 23.4 Å². The van der Waals surface area contributed by atoms with Gasteiger partial charge in [-0.2, -0.15) is 0 Å². The van der Waals surface area contributed by atoms with Crippen LogP contribution in [0.25, 0.3) is 6.08 Å². The molecule has 128 valence electrons. The quantitative estimate of drug-likeness (QED) is 0.363. The Bertz CT molecular complexity index is 917. The van der Waals surface area contributed by atoms with E-state index in [9.17, 15) is 14.7 Å². The molecular formula is C17H10Br2INO3S. The van der Waals surface area contributed by atoms with Crippen molar-refractivity contribution in [2.75, 3.05) is 0 Å². The second-order valence-electron chi connectivity index (χ2n) is 5.18. The fourth-order valence-electron chi connectivity index (χ4n) is 2.27. The van der Waals surface area contributed by atoms with Crippen molar-refractivity contribution in [1.29, 1.82) is 0 Å². The number of phenolic OH excluding ortho intramolecular Hbond substituents is 1. The van der Waals surface area contributed by atoms with Crippen LogP contribution in [0, 0.1) is 3.57 Å². The van der Waals surface area contributed by atoms with Crippen molar-refractivity contribution < 1.29 is 14.7 Å². The average Bonchev–Trinajstić information content (AvgIpc) is 2.81. The summed E-state index contributed by atoms with van der Waals surface area (Å²) in [7, 11) is 0. The number of amides is 2. The maximum atomic E-state index is 12.6. The highest BCUT2D eigenvalue weighted by molar-refractivity contribution is 14.1. The van der Waals surface area contributed by atoms with Crippen LogP contribution in [-0.4, -0.2) is 21.2 Å². The Labute approximate surface area is 179 Å². The lowest BCUT2D eigenvalue weighted by molar-refractivity contribution is -0.123. The lowest BCUT2D eigenvalue weighted by Gasteiger charge is -2.13. The van der Waals surface area contributed by atoms with Gasteiger partial charge in [0.05, 0.1) is 15.0 Å². The van der Waals surface area contributed by atoms with Gasteiger partial charge in [0, 0.05) is 14.5 Å². The van der Waals surface area contributed by atoms with Crippen LogP contribution in [0.3, 0.4) is 0 Å². The zero-order valence-corrected chi connectivity index (χ0v) is 18.6. The average molecular weight is 595 g/mol. The van der Waals surface area contributed by atoms with E-state index in [1.807, 2.05) is 46.9 Å². The van der Waals surface area contributed by atoms with Crippen molar-refractivity contribution in [1.82, 2.24) is 4.90 Å². The highest BCUT2D eigenvalue weighted by Gasteiger charge is 2.35. The van der Waals surface area contributed by atoms with E-state index < -0.39 is 0 Å². The Morgan fingerprint density at radius 2 is 1.92 bits per heavy atom. The Hall–Kier alpha value is -0.840. The van der Waals surface area contributed by atoms with Crippen molar-refractivity contribution >= 4 is 83.4 Å². The Morgan fingerprint density at radius 3 is 2.64 bits per heavy atom. The van der Waals surface area contributed by atoms with Crippen molar-refractivity contribution in [3.63, 3.8) is 0 Å². The highest BCUT2D eigenvalue weighted by atomic mass is 127. The minimum Gasteiger partial charge on any atom is -0.506 e. The highest BCUT2D eigenvalue weighted by Crippen LogP contribution is 2.37. The first kappa shape index (κ1) is 18.9. The molecular weight excluding hydrogens is 585 g/mol. The van der Waals surface area contributed by atoms with E-state index in [2.05, 4.69) is 31.9 Å². The van der Waals surface area contributed by atoms with Crippen molar-refractivity contribution in [2.24, 2.45) is 0 Å². The molecule has 0 unspecified atom stereocenters. The molecule has 0 radical (unpaired) electrons. The van der Waals surface area contributed by atoms with E-state index in [4.69, 9.17) is 0 Å². The zero-order valence-electron chi connectivity index (χ0n) is 12.5. The normalized spacial score (nSPS) is 16.1. The second-order valence-corrected chi connectivity index (χ2v) is 9.11. The number of hydrogen-bond acceptors (Lipinski definition) is 4. The van der Waals surface area contributed by atoms with Gasteiger partial charge in [-0.25, -0.2) is 0 Å². The minimum absolute atomic E-state index is 0.0846. The van der Waals surface area contributed by atoms with Crippen LogP contribution in [0.1, 0.15) is 11.1 Å². The molecule has 1 N–H and O–H groups in total. The van der Waals surface area contributed by atoms with E-state index in [0.29, 0.717) is 14.0 Å². The monoisotopic (exact) mass is 593 g/mol. The SMILES string of the molecule is O=C1S/C(=C\c2cc(Br)cc(I)c2O)C(=O)N1Cc1ccccc1Br. The zero-order chi connectivity index (χ0) is 18.1.